The monoisotopic (exact) mass is 286 g/mol. The van der Waals surface area contributed by atoms with Crippen LogP contribution in [0, 0.1) is 20.8 Å². The highest BCUT2D eigenvalue weighted by Crippen LogP contribution is 2.22. The number of thiazole rings is 1. The van der Waals surface area contributed by atoms with E-state index in [1.807, 2.05) is 13.8 Å². The fourth-order valence-corrected chi connectivity index (χ4v) is 2.29. The van der Waals surface area contributed by atoms with Gasteiger partial charge in [-0.3, -0.25) is 10.1 Å². The lowest BCUT2D eigenvalue weighted by Gasteiger charge is -2.00. The average molecular weight is 286 g/mol. The van der Waals surface area contributed by atoms with Crippen molar-refractivity contribution in [2.45, 2.75) is 27.3 Å². The van der Waals surface area contributed by atoms with Crippen molar-refractivity contribution >= 4 is 22.4 Å². The summed E-state index contributed by atoms with van der Waals surface area (Å²) < 4.78 is 25.6. The molecule has 0 aliphatic carbocycles. The molecule has 2 aromatic heterocycles. The number of alkyl halides is 2. The molecule has 1 amide bonds. The number of halogens is 2. The van der Waals surface area contributed by atoms with Crippen LogP contribution in [-0.4, -0.2) is 20.7 Å². The van der Waals surface area contributed by atoms with Gasteiger partial charge in [-0.25, -0.2) is 9.67 Å². The molecule has 0 aromatic carbocycles. The molecule has 2 rings (SSSR count). The number of hydrogen-bond donors (Lipinski definition) is 1. The molecule has 2 heterocycles. The van der Waals surface area contributed by atoms with Crippen molar-refractivity contribution in [3.8, 4) is 0 Å². The van der Waals surface area contributed by atoms with Gasteiger partial charge >= 0.3 is 6.55 Å². The minimum Gasteiger partial charge on any atom is -0.296 e. The third-order valence-electron chi connectivity index (χ3n) is 2.59. The number of rotatable bonds is 3. The predicted octanol–water partition coefficient (Wildman–Crippen LogP) is 2.91. The van der Waals surface area contributed by atoms with E-state index in [1.54, 1.807) is 0 Å². The summed E-state index contributed by atoms with van der Waals surface area (Å²) in [5, 5.41) is 6.55. The molecule has 0 atom stereocenters. The molecule has 1 N–H and O–H groups in total. The summed E-state index contributed by atoms with van der Waals surface area (Å²) >= 11 is 1.33. The lowest BCUT2D eigenvalue weighted by atomic mass is 10.3. The van der Waals surface area contributed by atoms with Gasteiger partial charge in [0.2, 0.25) is 0 Å². The van der Waals surface area contributed by atoms with E-state index in [0.717, 1.165) is 10.6 Å². The Morgan fingerprint density at radius 2 is 2.11 bits per heavy atom. The Labute approximate surface area is 112 Å². The first-order chi connectivity index (χ1) is 8.88. The summed E-state index contributed by atoms with van der Waals surface area (Å²) in [5.74, 6) is -0.545. The number of amides is 1. The smallest absolute Gasteiger partial charge is 0.296 e. The Balaban J connectivity index is 2.18. The predicted molar refractivity (Wildman–Crippen MR) is 67.8 cm³/mol. The summed E-state index contributed by atoms with van der Waals surface area (Å²) in [6.45, 7) is 2.43. The van der Waals surface area contributed by atoms with Crippen LogP contribution in [0.3, 0.4) is 0 Å². The number of carbonyl (C=O) groups excluding carboxylic acids is 1. The summed E-state index contributed by atoms with van der Waals surface area (Å²) in [4.78, 5) is 17.0. The third kappa shape index (κ3) is 2.78. The van der Waals surface area contributed by atoms with Crippen LogP contribution in [0.25, 0.3) is 0 Å². The third-order valence-corrected chi connectivity index (χ3v) is 3.58. The van der Waals surface area contributed by atoms with E-state index in [9.17, 15) is 13.6 Å². The molecule has 19 heavy (non-hydrogen) atoms. The molecule has 0 unspecified atom stereocenters. The summed E-state index contributed by atoms with van der Waals surface area (Å²) in [7, 11) is 0. The van der Waals surface area contributed by atoms with Gasteiger partial charge in [0, 0.05) is 10.6 Å². The minimum absolute atomic E-state index is 0.0525. The van der Waals surface area contributed by atoms with E-state index < -0.39 is 12.5 Å². The highest BCUT2D eigenvalue weighted by atomic mass is 32.1. The van der Waals surface area contributed by atoms with Crippen molar-refractivity contribution in [1.29, 1.82) is 0 Å². The highest BCUT2D eigenvalue weighted by Gasteiger charge is 2.18. The first-order valence-electron chi connectivity index (χ1n) is 5.48. The minimum atomic E-state index is -2.76. The van der Waals surface area contributed by atoms with Crippen LogP contribution in [0.5, 0.6) is 0 Å². The van der Waals surface area contributed by atoms with Crippen LogP contribution < -0.4 is 5.32 Å². The molecule has 0 spiro atoms. The summed E-state index contributed by atoms with van der Waals surface area (Å²) in [6, 6.07) is 1.31. The maximum absolute atomic E-state index is 12.5. The quantitative estimate of drug-likeness (QED) is 0.943. The number of nitrogens with zero attached hydrogens (tertiary/aromatic N) is 3. The van der Waals surface area contributed by atoms with E-state index in [-0.39, 0.29) is 11.4 Å². The lowest BCUT2D eigenvalue weighted by Crippen LogP contribution is -2.13. The lowest BCUT2D eigenvalue weighted by molar-refractivity contribution is 0.0540. The number of aromatic nitrogens is 3. The molecule has 0 aliphatic heterocycles. The normalized spacial score (nSPS) is 11.1. The van der Waals surface area contributed by atoms with Gasteiger partial charge in [-0.05, 0) is 26.8 Å². The molecule has 102 valence electrons. The van der Waals surface area contributed by atoms with Crippen molar-refractivity contribution < 1.29 is 13.6 Å². The zero-order valence-corrected chi connectivity index (χ0v) is 11.4. The SMILES string of the molecule is Cc1nc(NC(=O)c2cc(C)n(C(F)F)n2)sc1C. The standard InChI is InChI=1S/C11H12F2N4OS/c1-5-4-8(16-17(5)10(12)13)9(18)15-11-14-6(2)7(3)19-11/h4,10H,1-3H3,(H,14,15,18). The summed E-state index contributed by atoms with van der Waals surface area (Å²) in [6.07, 6.45) is 0. The van der Waals surface area contributed by atoms with E-state index in [2.05, 4.69) is 15.4 Å². The Bertz CT molecular complexity index is 601. The Morgan fingerprint density at radius 3 is 2.58 bits per heavy atom. The first-order valence-corrected chi connectivity index (χ1v) is 6.30. The second kappa shape index (κ2) is 5.04. The van der Waals surface area contributed by atoms with Gasteiger partial charge in [0.15, 0.2) is 10.8 Å². The van der Waals surface area contributed by atoms with Crippen molar-refractivity contribution in [2.24, 2.45) is 0 Å². The number of nitrogens with one attached hydrogen (secondary N) is 1. The molecule has 0 fully saturated rings. The van der Waals surface area contributed by atoms with Gasteiger partial charge < -0.3 is 0 Å². The zero-order valence-electron chi connectivity index (χ0n) is 10.6. The highest BCUT2D eigenvalue weighted by molar-refractivity contribution is 7.15. The zero-order chi connectivity index (χ0) is 14.2. The van der Waals surface area contributed by atoms with Crippen molar-refractivity contribution in [1.82, 2.24) is 14.8 Å². The Hall–Kier alpha value is -1.83. The molecule has 8 heteroatoms. The van der Waals surface area contributed by atoms with Gasteiger partial charge in [0.1, 0.15) is 0 Å². The maximum Gasteiger partial charge on any atom is 0.333 e. The average Bonchev–Trinajstić information content (AvgIpc) is 2.83. The second-order valence-corrected chi connectivity index (χ2v) is 5.21. The molecule has 5 nitrogen and oxygen atoms in total. The molecule has 0 saturated carbocycles. The maximum atomic E-state index is 12.5. The van der Waals surface area contributed by atoms with Crippen LogP contribution >= 0.6 is 11.3 Å². The molecular formula is C11H12F2N4OS. The fourth-order valence-electron chi connectivity index (χ4n) is 1.48. The van der Waals surface area contributed by atoms with E-state index in [0.29, 0.717) is 9.81 Å². The first kappa shape index (κ1) is 13.6. The second-order valence-electron chi connectivity index (χ2n) is 4.01. The van der Waals surface area contributed by atoms with Crippen molar-refractivity contribution in [3.05, 3.63) is 28.0 Å². The number of aryl methyl sites for hydroxylation is 3. The Kier molecular flexibility index (Phi) is 3.61. The largest absolute Gasteiger partial charge is 0.333 e. The number of anilines is 1. The van der Waals surface area contributed by atoms with Gasteiger partial charge in [-0.2, -0.15) is 13.9 Å². The van der Waals surface area contributed by atoms with Crippen LogP contribution in [0.4, 0.5) is 13.9 Å². The van der Waals surface area contributed by atoms with Crippen LogP contribution in [0.1, 0.15) is 33.3 Å². The van der Waals surface area contributed by atoms with E-state index in [1.165, 1.54) is 24.3 Å². The fraction of sp³-hybridized carbons (Fsp3) is 0.364. The van der Waals surface area contributed by atoms with Gasteiger partial charge in [-0.1, -0.05) is 0 Å². The molecule has 0 aliphatic rings. The summed E-state index contributed by atoms with van der Waals surface area (Å²) in [5.41, 5.74) is 1.00. The molecule has 0 saturated heterocycles. The van der Waals surface area contributed by atoms with Crippen molar-refractivity contribution in [3.63, 3.8) is 0 Å². The van der Waals surface area contributed by atoms with E-state index in [4.69, 9.17) is 0 Å². The number of hydrogen-bond acceptors (Lipinski definition) is 4. The van der Waals surface area contributed by atoms with Gasteiger partial charge in [-0.15, -0.1) is 11.3 Å². The van der Waals surface area contributed by atoms with Crippen molar-refractivity contribution in [2.75, 3.05) is 5.32 Å². The molecular weight excluding hydrogens is 274 g/mol. The van der Waals surface area contributed by atoms with Gasteiger partial charge in [0.25, 0.3) is 5.91 Å². The van der Waals surface area contributed by atoms with E-state index >= 15 is 0 Å². The number of carbonyl (C=O) groups is 1. The van der Waals surface area contributed by atoms with Crippen LogP contribution in [0.15, 0.2) is 6.07 Å². The van der Waals surface area contributed by atoms with Gasteiger partial charge in [0.05, 0.1) is 5.69 Å². The van der Waals surface area contributed by atoms with Crippen LogP contribution in [-0.2, 0) is 0 Å². The topological polar surface area (TPSA) is 59.8 Å². The molecule has 0 bridgehead atoms. The van der Waals surface area contributed by atoms with Crippen LogP contribution in [0.2, 0.25) is 0 Å². The molecule has 2 aromatic rings. The molecule has 0 radical (unpaired) electrons. The Morgan fingerprint density at radius 1 is 1.42 bits per heavy atom.